The average Bonchev–Trinajstić information content (AvgIpc) is 3.24. The van der Waals surface area contributed by atoms with Crippen LogP contribution >= 0.6 is 23.4 Å². The van der Waals surface area contributed by atoms with Gasteiger partial charge in [0.15, 0.2) is 11.0 Å². The summed E-state index contributed by atoms with van der Waals surface area (Å²) in [6, 6.07) is 21.5. The molecule has 6 nitrogen and oxygen atoms in total. The van der Waals surface area contributed by atoms with E-state index >= 15 is 0 Å². The second-order valence-electron chi connectivity index (χ2n) is 7.50. The number of amides is 1. The van der Waals surface area contributed by atoms with Crippen LogP contribution < -0.4 is 10.1 Å². The molecule has 0 aliphatic carbocycles. The van der Waals surface area contributed by atoms with Gasteiger partial charge in [-0.25, -0.2) is 0 Å². The van der Waals surface area contributed by atoms with Gasteiger partial charge in [0.1, 0.15) is 11.4 Å². The van der Waals surface area contributed by atoms with Crippen molar-refractivity contribution in [2.24, 2.45) is 0 Å². The molecule has 0 bridgehead atoms. The largest absolute Gasteiger partial charge is 0.495 e. The Hall–Kier alpha value is -3.29. The standard InChI is InChI=1S/C25H23ClN4O2S/c1-16-7-11-18(12-8-16)24-28-29-25(30(24)19-13-9-17(2)10-14-19)33-15-22(31)27-23-20(26)5-4-6-21(23)32-3/h4-14H,15H2,1-3H3,(H,27,31). The highest BCUT2D eigenvalue weighted by atomic mass is 35.5. The molecule has 0 spiro atoms. The van der Waals surface area contributed by atoms with Crippen LogP contribution in [0, 0.1) is 13.8 Å². The maximum absolute atomic E-state index is 12.7. The highest BCUT2D eigenvalue weighted by molar-refractivity contribution is 7.99. The van der Waals surface area contributed by atoms with Crippen LogP contribution in [-0.2, 0) is 4.79 Å². The van der Waals surface area contributed by atoms with Crippen molar-refractivity contribution >= 4 is 35.0 Å². The first-order valence-electron chi connectivity index (χ1n) is 10.3. The van der Waals surface area contributed by atoms with Gasteiger partial charge in [0.05, 0.1) is 17.9 Å². The van der Waals surface area contributed by atoms with Gasteiger partial charge in [-0.2, -0.15) is 0 Å². The van der Waals surface area contributed by atoms with Crippen LogP contribution in [0.4, 0.5) is 5.69 Å². The van der Waals surface area contributed by atoms with E-state index in [4.69, 9.17) is 16.3 Å². The molecular weight excluding hydrogens is 456 g/mol. The first-order chi connectivity index (χ1) is 16.0. The van der Waals surface area contributed by atoms with Crippen LogP contribution in [0.1, 0.15) is 11.1 Å². The molecule has 0 saturated heterocycles. The van der Waals surface area contributed by atoms with Gasteiger partial charge in [0.25, 0.3) is 0 Å². The topological polar surface area (TPSA) is 69.0 Å². The monoisotopic (exact) mass is 478 g/mol. The highest BCUT2D eigenvalue weighted by Gasteiger charge is 2.18. The molecule has 4 aromatic rings. The van der Waals surface area contributed by atoms with E-state index in [0.717, 1.165) is 22.6 Å². The molecule has 1 aromatic heterocycles. The van der Waals surface area contributed by atoms with Gasteiger partial charge in [0, 0.05) is 11.3 Å². The van der Waals surface area contributed by atoms with Gasteiger partial charge in [-0.05, 0) is 38.1 Å². The van der Waals surface area contributed by atoms with Crippen molar-refractivity contribution in [1.82, 2.24) is 14.8 Å². The lowest BCUT2D eigenvalue weighted by atomic mass is 10.1. The number of nitrogens with zero attached hydrogens (tertiary/aromatic N) is 3. The van der Waals surface area contributed by atoms with Crippen LogP contribution in [0.3, 0.4) is 0 Å². The molecule has 0 aliphatic heterocycles. The second-order valence-corrected chi connectivity index (χ2v) is 8.85. The lowest BCUT2D eigenvalue weighted by Crippen LogP contribution is -2.15. The molecule has 4 rings (SSSR count). The fraction of sp³-hybridized carbons (Fsp3) is 0.160. The number of hydrogen-bond acceptors (Lipinski definition) is 5. The van der Waals surface area contributed by atoms with Crippen molar-refractivity contribution in [3.05, 3.63) is 82.9 Å². The minimum atomic E-state index is -0.221. The molecule has 168 valence electrons. The third-order valence-electron chi connectivity index (χ3n) is 5.03. The van der Waals surface area contributed by atoms with Crippen LogP contribution in [-0.4, -0.2) is 33.5 Å². The number of carbonyl (C=O) groups is 1. The van der Waals surface area contributed by atoms with Gasteiger partial charge in [0.2, 0.25) is 5.91 Å². The number of anilines is 1. The summed E-state index contributed by atoms with van der Waals surface area (Å²) in [7, 11) is 1.53. The predicted octanol–water partition coefficient (Wildman–Crippen LogP) is 5.94. The molecule has 0 radical (unpaired) electrons. The molecule has 1 heterocycles. The predicted molar refractivity (Wildman–Crippen MR) is 134 cm³/mol. The number of aromatic nitrogens is 3. The number of methoxy groups -OCH3 is 1. The normalized spacial score (nSPS) is 10.8. The third-order valence-corrected chi connectivity index (χ3v) is 6.27. The summed E-state index contributed by atoms with van der Waals surface area (Å²) in [5.41, 5.74) is 4.66. The van der Waals surface area contributed by atoms with Crippen molar-refractivity contribution in [3.63, 3.8) is 0 Å². The van der Waals surface area contributed by atoms with Crippen molar-refractivity contribution in [2.75, 3.05) is 18.2 Å². The van der Waals surface area contributed by atoms with Gasteiger partial charge in [-0.1, -0.05) is 77.0 Å². The van der Waals surface area contributed by atoms with Gasteiger partial charge in [-0.3, -0.25) is 9.36 Å². The number of halogens is 1. The third kappa shape index (κ3) is 5.21. The van der Waals surface area contributed by atoms with Gasteiger partial charge < -0.3 is 10.1 Å². The summed E-state index contributed by atoms with van der Waals surface area (Å²) in [5.74, 6) is 1.13. The number of thioether (sulfide) groups is 1. The summed E-state index contributed by atoms with van der Waals surface area (Å²) < 4.78 is 7.28. The van der Waals surface area contributed by atoms with Crippen molar-refractivity contribution in [2.45, 2.75) is 19.0 Å². The first-order valence-corrected chi connectivity index (χ1v) is 11.7. The van der Waals surface area contributed by atoms with Crippen molar-refractivity contribution < 1.29 is 9.53 Å². The summed E-state index contributed by atoms with van der Waals surface area (Å²) in [6.07, 6.45) is 0. The Bertz CT molecular complexity index is 1270. The van der Waals surface area contributed by atoms with E-state index in [1.54, 1.807) is 18.2 Å². The molecule has 3 aromatic carbocycles. The minimum Gasteiger partial charge on any atom is -0.495 e. The van der Waals surface area contributed by atoms with E-state index in [1.165, 1.54) is 24.4 Å². The molecule has 1 amide bonds. The zero-order chi connectivity index (χ0) is 23.4. The zero-order valence-electron chi connectivity index (χ0n) is 18.5. The van der Waals surface area contributed by atoms with E-state index in [-0.39, 0.29) is 11.7 Å². The molecule has 0 atom stereocenters. The number of nitrogens with one attached hydrogen (secondary N) is 1. The number of carbonyl (C=O) groups excluding carboxylic acids is 1. The molecule has 33 heavy (non-hydrogen) atoms. The minimum absolute atomic E-state index is 0.131. The number of aryl methyl sites for hydroxylation is 2. The lowest BCUT2D eigenvalue weighted by molar-refractivity contribution is -0.113. The molecule has 0 fully saturated rings. The SMILES string of the molecule is COc1cccc(Cl)c1NC(=O)CSc1nnc(-c2ccc(C)cc2)n1-c1ccc(C)cc1. The Morgan fingerprint density at radius 2 is 1.67 bits per heavy atom. The summed E-state index contributed by atoms with van der Waals surface area (Å²) in [4.78, 5) is 12.7. The van der Waals surface area contributed by atoms with E-state index in [0.29, 0.717) is 21.6 Å². The smallest absolute Gasteiger partial charge is 0.234 e. The summed E-state index contributed by atoms with van der Waals surface area (Å²) >= 11 is 7.55. The fourth-order valence-electron chi connectivity index (χ4n) is 3.28. The zero-order valence-corrected chi connectivity index (χ0v) is 20.1. The quantitative estimate of drug-likeness (QED) is 0.333. The number of ether oxygens (including phenoxy) is 1. The Kier molecular flexibility index (Phi) is 7.01. The Morgan fingerprint density at radius 3 is 2.33 bits per heavy atom. The van der Waals surface area contributed by atoms with E-state index in [9.17, 15) is 4.79 Å². The molecule has 0 saturated carbocycles. The molecule has 8 heteroatoms. The van der Waals surface area contributed by atoms with E-state index in [2.05, 4.69) is 15.5 Å². The van der Waals surface area contributed by atoms with Crippen LogP contribution in [0.5, 0.6) is 5.75 Å². The lowest BCUT2D eigenvalue weighted by Gasteiger charge is -2.12. The number of benzene rings is 3. The number of para-hydroxylation sites is 1. The van der Waals surface area contributed by atoms with Crippen LogP contribution in [0.25, 0.3) is 17.1 Å². The molecular formula is C25H23ClN4O2S. The fourth-order valence-corrected chi connectivity index (χ4v) is 4.25. The highest BCUT2D eigenvalue weighted by Crippen LogP contribution is 2.33. The maximum Gasteiger partial charge on any atom is 0.234 e. The molecule has 1 N–H and O–H groups in total. The van der Waals surface area contributed by atoms with E-state index in [1.807, 2.05) is 66.9 Å². The summed E-state index contributed by atoms with van der Waals surface area (Å²) in [6.45, 7) is 4.09. The Labute approximate surface area is 202 Å². The summed E-state index contributed by atoms with van der Waals surface area (Å²) in [5, 5.41) is 12.7. The average molecular weight is 479 g/mol. The maximum atomic E-state index is 12.7. The first kappa shape index (κ1) is 22.9. The Morgan fingerprint density at radius 1 is 1.00 bits per heavy atom. The molecule has 0 aliphatic rings. The number of hydrogen-bond donors (Lipinski definition) is 1. The van der Waals surface area contributed by atoms with Crippen LogP contribution in [0.2, 0.25) is 5.02 Å². The second kappa shape index (κ2) is 10.1. The van der Waals surface area contributed by atoms with Crippen molar-refractivity contribution in [1.29, 1.82) is 0 Å². The van der Waals surface area contributed by atoms with Crippen molar-refractivity contribution in [3.8, 4) is 22.8 Å². The Balaban J connectivity index is 1.61. The molecule has 0 unspecified atom stereocenters. The number of rotatable bonds is 7. The van der Waals surface area contributed by atoms with Gasteiger partial charge >= 0.3 is 0 Å². The van der Waals surface area contributed by atoms with Crippen LogP contribution in [0.15, 0.2) is 71.9 Å². The van der Waals surface area contributed by atoms with E-state index < -0.39 is 0 Å². The van der Waals surface area contributed by atoms with Gasteiger partial charge in [-0.15, -0.1) is 10.2 Å².